The minimum Gasteiger partial charge on any atom is -0.325 e. The number of rotatable bonds is 6. The average molecular weight is 449 g/mol. The van der Waals surface area contributed by atoms with Crippen LogP contribution in [0.25, 0.3) is 0 Å². The Morgan fingerprint density at radius 1 is 1.12 bits per heavy atom. The van der Waals surface area contributed by atoms with E-state index in [0.29, 0.717) is 23.8 Å². The standard InChI is InChI=1S/C25H28N4O2S/c1-5-10-19-24(31)29-22(26-19)17-13-7-8-14-18(17)27-25(29)32-20(6-2)23(30)28-21-15(3)11-9-12-16(21)4/h7-9,11-14,19-20H,5-6,10H2,1-4H3,(H,28,30)/t19-,20+/m1/s1. The quantitative estimate of drug-likeness (QED) is 0.659. The maximum atomic E-state index is 13.2. The molecule has 2 aliphatic rings. The van der Waals surface area contributed by atoms with Crippen molar-refractivity contribution in [1.82, 2.24) is 4.90 Å². The minimum absolute atomic E-state index is 0.0624. The maximum Gasteiger partial charge on any atom is 0.259 e. The number of fused-ring (bicyclic) bond motifs is 3. The summed E-state index contributed by atoms with van der Waals surface area (Å²) in [4.78, 5) is 37.5. The Labute approximate surface area is 193 Å². The van der Waals surface area contributed by atoms with Crippen LogP contribution >= 0.6 is 11.8 Å². The molecule has 166 valence electrons. The highest BCUT2D eigenvalue weighted by Gasteiger charge is 2.42. The van der Waals surface area contributed by atoms with Gasteiger partial charge in [-0.15, -0.1) is 0 Å². The number of amidine groups is 2. The molecule has 2 aliphatic heterocycles. The molecule has 0 saturated heterocycles. The van der Waals surface area contributed by atoms with Crippen LogP contribution in [-0.4, -0.2) is 39.0 Å². The number of para-hydroxylation sites is 2. The Morgan fingerprint density at radius 2 is 1.84 bits per heavy atom. The fraction of sp³-hybridized carbons (Fsp3) is 0.360. The lowest BCUT2D eigenvalue weighted by Gasteiger charge is -2.27. The first-order valence-electron chi connectivity index (χ1n) is 11.1. The number of carbonyl (C=O) groups excluding carboxylic acids is 2. The summed E-state index contributed by atoms with van der Waals surface area (Å²) in [5.41, 5.74) is 4.52. The van der Waals surface area contributed by atoms with E-state index in [0.717, 1.165) is 34.5 Å². The van der Waals surface area contributed by atoms with Gasteiger partial charge in [0.15, 0.2) is 5.17 Å². The Hall–Kier alpha value is -2.93. The summed E-state index contributed by atoms with van der Waals surface area (Å²) in [6.45, 7) is 7.99. The molecule has 0 fully saturated rings. The highest BCUT2D eigenvalue weighted by Crippen LogP contribution is 2.36. The normalized spacial score (nSPS) is 17.9. The van der Waals surface area contributed by atoms with Gasteiger partial charge < -0.3 is 5.32 Å². The number of anilines is 1. The van der Waals surface area contributed by atoms with Crippen molar-refractivity contribution in [2.75, 3.05) is 5.32 Å². The molecule has 0 unspecified atom stereocenters. The SMILES string of the molecule is CCC[C@H]1N=C2c3ccccc3N=C(S[C@@H](CC)C(=O)Nc3c(C)cccc3C)N2C1=O. The fourth-order valence-corrected chi connectivity index (χ4v) is 5.03. The van der Waals surface area contributed by atoms with Crippen molar-refractivity contribution >= 4 is 46.0 Å². The molecule has 32 heavy (non-hydrogen) atoms. The molecule has 0 saturated carbocycles. The van der Waals surface area contributed by atoms with E-state index in [1.165, 1.54) is 11.8 Å². The highest BCUT2D eigenvalue weighted by atomic mass is 32.2. The van der Waals surface area contributed by atoms with E-state index < -0.39 is 11.3 Å². The van der Waals surface area contributed by atoms with Crippen molar-refractivity contribution in [2.24, 2.45) is 9.98 Å². The van der Waals surface area contributed by atoms with Crippen LogP contribution < -0.4 is 5.32 Å². The Kier molecular flexibility index (Phi) is 6.46. The zero-order valence-corrected chi connectivity index (χ0v) is 19.7. The van der Waals surface area contributed by atoms with Crippen LogP contribution in [-0.2, 0) is 9.59 Å². The third kappa shape index (κ3) is 4.09. The van der Waals surface area contributed by atoms with Gasteiger partial charge in [-0.05, 0) is 49.9 Å². The molecule has 4 rings (SSSR count). The molecule has 0 radical (unpaired) electrons. The maximum absolute atomic E-state index is 13.2. The topological polar surface area (TPSA) is 74.1 Å². The van der Waals surface area contributed by atoms with E-state index >= 15 is 0 Å². The van der Waals surface area contributed by atoms with Crippen molar-refractivity contribution in [3.05, 3.63) is 59.2 Å². The number of aryl methyl sites for hydroxylation is 2. The Morgan fingerprint density at radius 3 is 2.53 bits per heavy atom. The van der Waals surface area contributed by atoms with Gasteiger partial charge in [0, 0.05) is 11.3 Å². The van der Waals surface area contributed by atoms with Gasteiger partial charge in [0.05, 0.1) is 10.9 Å². The van der Waals surface area contributed by atoms with Gasteiger partial charge in [0.1, 0.15) is 11.9 Å². The molecule has 2 aromatic rings. The van der Waals surface area contributed by atoms with Gasteiger partial charge in [-0.25, -0.2) is 9.89 Å². The van der Waals surface area contributed by atoms with Gasteiger partial charge in [0.2, 0.25) is 5.91 Å². The van der Waals surface area contributed by atoms with Crippen molar-refractivity contribution in [2.45, 2.75) is 58.2 Å². The molecule has 2 atom stereocenters. The van der Waals surface area contributed by atoms with Gasteiger partial charge in [-0.2, -0.15) is 0 Å². The van der Waals surface area contributed by atoms with Gasteiger partial charge in [-0.1, -0.05) is 62.4 Å². The third-order valence-corrected chi connectivity index (χ3v) is 7.07. The molecule has 6 nitrogen and oxygen atoms in total. The van der Waals surface area contributed by atoms with Crippen LogP contribution in [0.4, 0.5) is 11.4 Å². The van der Waals surface area contributed by atoms with Crippen molar-refractivity contribution in [3.63, 3.8) is 0 Å². The molecular weight excluding hydrogens is 420 g/mol. The van der Waals surface area contributed by atoms with E-state index in [1.807, 2.05) is 70.2 Å². The zero-order chi connectivity index (χ0) is 22.8. The van der Waals surface area contributed by atoms with Crippen LogP contribution in [0, 0.1) is 13.8 Å². The molecule has 0 aliphatic carbocycles. The molecule has 0 spiro atoms. The summed E-state index contributed by atoms with van der Waals surface area (Å²) in [6, 6.07) is 13.3. The lowest BCUT2D eigenvalue weighted by atomic mass is 10.1. The second kappa shape index (κ2) is 9.28. The number of carbonyl (C=O) groups is 2. The van der Waals surface area contributed by atoms with E-state index in [2.05, 4.69) is 5.32 Å². The van der Waals surface area contributed by atoms with Crippen molar-refractivity contribution in [3.8, 4) is 0 Å². The fourth-order valence-electron chi connectivity index (χ4n) is 4.01. The van der Waals surface area contributed by atoms with Crippen LogP contribution in [0.15, 0.2) is 52.4 Å². The van der Waals surface area contributed by atoms with Crippen LogP contribution in [0.3, 0.4) is 0 Å². The lowest BCUT2D eigenvalue weighted by Crippen LogP contribution is -2.42. The molecule has 0 bridgehead atoms. The third-order valence-electron chi connectivity index (χ3n) is 5.75. The smallest absolute Gasteiger partial charge is 0.259 e. The summed E-state index contributed by atoms with van der Waals surface area (Å²) < 4.78 is 0. The van der Waals surface area contributed by atoms with Crippen LogP contribution in [0.2, 0.25) is 0 Å². The van der Waals surface area contributed by atoms with Crippen LogP contribution in [0.5, 0.6) is 0 Å². The van der Waals surface area contributed by atoms with E-state index in [-0.39, 0.29) is 11.8 Å². The number of amides is 2. The predicted octanol–water partition coefficient (Wildman–Crippen LogP) is 5.21. The van der Waals surface area contributed by atoms with Crippen molar-refractivity contribution < 1.29 is 9.59 Å². The van der Waals surface area contributed by atoms with E-state index in [9.17, 15) is 9.59 Å². The second-order valence-electron chi connectivity index (χ2n) is 8.11. The number of hydrogen-bond acceptors (Lipinski definition) is 5. The average Bonchev–Trinajstić information content (AvgIpc) is 3.11. The zero-order valence-electron chi connectivity index (χ0n) is 18.9. The first-order chi connectivity index (χ1) is 15.4. The second-order valence-corrected chi connectivity index (χ2v) is 9.28. The highest BCUT2D eigenvalue weighted by molar-refractivity contribution is 8.15. The number of aliphatic imine (C=N–C) groups is 2. The predicted molar refractivity (Wildman–Crippen MR) is 132 cm³/mol. The molecule has 2 amide bonds. The number of nitrogens with one attached hydrogen (secondary N) is 1. The summed E-state index contributed by atoms with van der Waals surface area (Å²) in [6.07, 6.45) is 2.18. The summed E-state index contributed by atoms with van der Waals surface area (Å²) in [5.74, 6) is 0.492. The first-order valence-corrected chi connectivity index (χ1v) is 12.0. The summed E-state index contributed by atoms with van der Waals surface area (Å²) in [7, 11) is 0. The van der Waals surface area contributed by atoms with Crippen LogP contribution in [0.1, 0.15) is 49.8 Å². The summed E-state index contributed by atoms with van der Waals surface area (Å²) >= 11 is 1.33. The monoisotopic (exact) mass is 448 g/mol. The van der Waals surface area contributed by atoms with Gasteiger partial charge in [-0.3, -0.25) is 14.6 Å². The molecule has 1 N–H and O–H groups in total. The lowest BCUT2D eigenvalue weighted by molar-refractivity contribution is -0.124. The Balaban J connectivity index is 1.63. The number of benzene rings is 2. The van der Waals surface area contributed by atoms with E-state index in [4.69, 9.17) is 9.98 Å². The van der Waals surface area contributed by atoms with Crippen molar-refractivity contribution in [1.29, 1.82) is 0 Å². The molecule has 7 heteroatoms. The van der Waals surface area contributed by atoms with E-state index in [1.54, 1.807) is 4.90 Å². The molecule has 0 aromatic heterocycles. The number of nitrogens with zero attached hydrogens (tertiary/aromatic N) is 3. The molecule has 2 aromatic carbocycles. The summed E-state index contributed by atoms with van der Waals surface area (Å²) in [5, 5.41) is 3.22. The molecule has 2 heterocycles. The largest absolute Gasteiger partial charge is 0.325 e. The number of thioether (sulfide) groups is 1. The minimum atomic E-state index is -0.393. The van der Waals surface area contributed by atoms with Gasteiger partial charge in [0.25, 0.3) is 5.91 Å². The molecular formula is C25H28N4O2S. The van der Waals surface area contributed by atoms with Gasteiger partial charge >= 0.3 is 0 Å². The number of hydrogen-bond donors (Lipinski definition) is 1. The Bertz CT molecular complexity index is 1100. The first kappa shape index (κ1) is 22.3.